The molecule has 0 radical (unpaired) electrons. The summed E-state index contributed by atoms with van der Waals surface area (Å²) in [5.41, 5.74) is 0.366. The number of ether oxygens (including phenoxy) is 2. The highest BCUT2D eigenvalue weighted by Crippen LogP contribution is 2.29. The van der Waals surface area contributed by atoms with Gasteiger partial charge in [-0.05, 0) is 24.6 Å². The van der Waals surface area contributed by atoms with Gasteiger partial charge in [-0.1, -0.05) is 23.2 Å². The molecule has 1 aliphatic heterocycles. The first-order valence-electron chi connectivity index (χ1n) is 6.48. The summed E-state index contributed by atoms with van der Waals surface area (Å²) >= 11 is 11.8. The van der Waals surface area contributed by atoms with E-state index in [-0.39, 0.29) is 16.7 Å². The van der Waals surface area contributed by atoms with Crippen LogP contribution in [0.3, 0.4) is 0 Å². The minimum absolute atomic E-state index is 0.0310. The van der Waals surface area contributed by atoms with Crippen LogP contribution < -0.4 is 5.32 Å². The zero-order chi connectivity index (χ0) is 14.8. The molecule has 3 nitrogen and oxygen atoms in total. The second kappa shape index (κ2) is 6.58. The lowest BCUT2D eigenvalue weighted by Crippen LogP contribution is -2.43. The number of halogens is 3. The van der Waals surface area contributed by atoms with Gasteiger partial charge in [0.1, 0.15) is 11.4 Å². The molecule has 1 aromatic rings. The quantitative estimate of drug-likeness (QED) is 0.841. The van der Waals surface area contributed by atoms with Crippen molar-refractivity contribution in [3.05, 3.63) is 33.6 Å². The van der Waals surface area contributed by atoms with E-state index in [2.05, 4.69) is 5.32 Å². The molecule has 1 aromatic carbocycles. The van der Waals surface area contributed by atoms with Crippen LogP contribution in [-0.2, 0) is 9.47 Å². The maximum absolute atomic E-state index is 13.5. The molecule has 0 spiro atoms. The molecule has 112 valence electrons. The number of benzene rings is 1. The molecule has 6 heteroatoms. The van der Waals surface area contributed by atoms with Crippen molar-refractivity contribution in [2.45, 2.75) is 25.0 Å². The van der Waals surface area contributed by atoms with Gasteiger partial charge < -0.3 is 14.8 Å². The van der Waals surface area contributed by atoms with Gasteiger partial charge in [-0.2, -0.15) is 0 Å². The lowest BCUT2D eigenvalue weighted by Gasteiger charge is -2.28. The molecule has 20 heavy (non-hydrogen) atoms. The molecule has 0 aromatic heterocycles. The minimum Gasteiger partial charge on any atom is -0.378 e. The van der Waals surface area contributed by atoms with E-state index >= 15 is 0 Å². The number of hydrogen-bond acceptors (Lipinski definition) is 3. The fourth-order valence-electron chi connectivity index (χ4n) is 2.28. The second-order valence-electron chi connectivity index (χ2n) is 5.08. The average Bonchev–Trinajstić information content (AvgIpc) is 2.90. The van der Waals surface area contributed by atoms with Gasteiger partial charge in [-0.25, -0.2) is 4.39 Å². The van der Waals surface area contributed by atoms with Crippen LogP contribution in [0.5, 0.6) is 0 Å². The molecular weight excluding hydrogens is 304 g/mol. The minimum atomic E-state index is -0.467. The van der Waals surface area contributed by atoms with E-state index in [0.717, 1.165) is 6.42 Å². The van der Waals surface area contributed by atoms with E-state index in [9.17, 15) is 4.39 Å². The average molecular weight is 322 g/mol. The first-order valence-corrected chi connectivity index (χ1v) is 7.24. The van der Waals surface area contributed by atoms with Crippen LogP contribution in [0.15, 0.2) is 12.1 Å². The fourth-order valence-corrected chi connectivity index (χ4v) is 2.83. The van der Waals surface area contributed by atoms with Crippen molar-refractivity contribution >= 4 is 23.2 Å². The number of nitrogens with one attached hydrogen (secondary N) is 1. The predicted molar refractivity (Wildman–Crippen MR) is 78.0 cm³/mol. The Labute approximate surface area is 128 Å². The topological polar surface area (TPSA) is 30.5 Å². The van der Waals surface area contributed by atoms with Gasteiger partial charge in [0.25, 0.3) is 0 Å². The normalized spacial score (nSPS) is 24.1. The number of hydrogen-bond donors (Lipinski definition) is 1. The molecule has 2 unspecified atom stereocenters. The third kappa shape index (κ3) is 3.43. The SMILES string of the molecule is COC1(CNC(C)c2cc(F)c(Cl)cc2Cl)CCOC1. The summed E-state index contributed by atoms with van der Waals surface area (Å²) in [7, 11) is 1.68. The van der Waals surface area contributed by atoms with Gasteiger partial charge in [0.05, 0.1) is 11.6 Å². The van der Waals surface area contributed by atoms with E-state index in [1.165, 1.54) is 12.1 Å². The van der Waals surface area contributed by atoms with Gasteiger partial charge in [0.2, 0.25) is 0 Å². The molecule has 1 aliphatic rings. The van der Waals surface area contributed by atoms with Gasteiger partial charge in [-0.3, -0.25) is 0 Å². The summed E-state index contributed by atoms with van der Waals surface area (Å²) < 4.78 is 24.5. The summed E-state index contributed by atoms with van der Waals surface area (Å²) in [6.45, 7) is 3.80. The highest BCUT2D eigenvalue weighted by Gasteiger charge is 2.35. The van der Waals surface area contributed by atoms with Crippen molar-refractivity contribution in [1.29, 1.82) is 0 Å². The molecule has 0 aliphatic carbocycles. The Balaban J connectivity index is 2.05. The van der Waals surface area contributed by atoms with E-state index in [1.54, 1.807) is 7.11 Å². The molecule has 1 fully saturated rings. The number of methoxy groups -OCH3 is 1. The summed E-state index contributed by atoms with van der Waals surface area (Å²) in [4.78, 5) is 0. The predicted octanol–water partition coefficient (Wildman–Crippen LogP) is 3.59. The molecule has 2 atom stereocenters. The standard InChI is InChI=1S/C14H18Cl2FNO2/c1-9(10-5-13(17)12(16)6-11(10)15)18-7-14(19-2)3-4-20-8-14/h5-6,9,18H,3-4,7-8H2,1-2H3. The Hall–Kier alpha value is -0.390. The summed E-state index contributed by atoms with van der Waals surface area (Å²) in [6.07, 6.45) is 0.839. The smallest absolute Gasteiger partial charge is 0.142 e. The van der Waals surface area contributed by atoms with Crippen LogP contribution in [0.25, 0.3) is 0 Å². The maximum atomic E-state index is 13.5. The van der Waals surface area contributed by atoms with Gasteiger partial charge >= 0.3 is 0 Å². The Morgan fingerprint density at radius 2 is 2.20 bits per heavy atom. The molecule has 0 bridgehead atoms. The zero-order valence-corrected chi connectivity index (χ0v) is 13.0. The van der Waals surface area contributed by atoms with E-state index in [4.69, 9.17) is 32.7 Å². The van der Waals surface area contributed by atoms with Crippen molar-refractivity contribution in [3.63, 3.8) is 0 Å². The third-order valence-electron chi connectivity index (χ3n) is 3.74. The second-order valence-corrected chi connectivity index (χ2v) is 5.89. The largest absolute Gasteiger partial charge is 0.378 e. The Morgan fingerprint density at radius 3 is 2.80 bits per heavy atom. The molecular formula is C14H18Cl2FNO2. The van der Waals surface area contributed by atoms with Crippen LogP contribution in [-0.4, -0.2) is 32.5 Å². The van der Waals surface area contributed by atoms with Crippen molar-refractivity contribution in [1.82, 2.24) is 5.32 Å². The molecule has 0 saturated carbocycles. The Morgan fingerprint density at radius 1 is 1.45 bits per heavy atom. The lowest BCUT2D eigenvalue weighted by atomic mass is 10.0. The highest BCUT2D eigenvalue weighted by atomic mass is 35.5. The number of rotatable bonds is 5. The van der Waals surface area contributed by atoms with Crippen LogP contribution in [0.4, 0.5) is 4.39 Å². The first kappa shape index (κ1) is 16.0. The van der Waals surface area contributed by atoms with Crippen LogP contribution in [0, 0.1) is 5.82 Å². The Bertz CT molecular complexity index is 478. The van der Waals surface area contributed by atoms with Crippen molar-refractivity contribution in [3.8, 4) is 0 Å². The third-order valence-corrected chi connectivity index (χ3v) is 4.35. The van der Waals surface area contributed by atoms with E-state index in [0.29, 0.717) is 30.3 Å². The van der Waals surface area contributed by atoms with Crippen molar-refractivity contribution in [2.75, 3.05) is 26.9 Å². The first-order chi connectivity index (χ1) is 9.47. The molecule has 1 N–H and O–H groups in total. The van der Waals surface area contributed by atoms with Crippen LogP contribution in [0.2, 0.25) is 10.0 Å². The van der Waals surface area contributed by atoms with Gasteiger partial charge in [-0.15, -0.1) is 0 Å². The molecule has 1 saturated heterocycles. The van der Waals surface area contributed by atoms with Crippen LogP contribution in [0.1, 0.15) is 24.9 Å². The van der Waals surface area contributed by atoms with E-state index in [1.807, 2.05) is 6.92 Å². The summed E-state index contributed by atoms with van der Waals surface area (Å²) in [6, 6.07) is 2.69. The Kier molecular flexibility index (Phi) is 5.26. The van der Waals surface area contributed by atoms with Gasteiger partial charge in [0.15, 0.2) is 0 Å². The fraction of sp³-hybridized carbons (Fsp3) is 0.571. The van der Waals surface area contributed by atoms with Crippen molar-refractivity contribution < 1.29 is 13.9 Å². The zero-order valence-electron chi connectivity index (χ0n) is 11.5. The lowest BCUT2D eigenvalue weighted by molar-refractivity contribution is -0.0172. The summed E-state index contributed by atoms with van der Waals surface area (Å²) in [5.74, 6) is -0.467. The van der Waals surface area contributed by atoms with Gasteiger partial charge in [0, 0.05) is 37.7 Å². The maximum Gasteiger partial charge on any atom is 0.142 e. The van der Waals surface area contributed by atoms with Crippen molar-refractivity contribution in [2.24, 2.45) is 0 Å². The summed E-state index contributed by atoms with van der Waals surface area (Å²) in [5, 5.41) is 3.80. The molecule has 0 amide bonds. The highest BCUT2D eigenvalue weighted by molar-refractivity contribution is 6.35. The van der Waals surface area contributed by atoms with E-state index < -0.39 is 5.82 Å². The molecule has 1 heterocycles. The monoisotopic (exact) mass is 321 g/mol. The van der Waals surface area contributed by atoms with Crippen LogP contribution >= 0.6 is 23.2 Å². The molecule has 2 rings (SSSR count).